The zero-order valence-corrected chi connectivity index (χ0v) is 17.7. The Bertz CT molecular complexity index is 955. The summed E-state index contributed by atoms with van der Waals surface area (Å²) < 4.78 is 38.1. The topological polar surface area (TPSA) is 76.2 Å². The number of nitrogens with zero attached hydrogens (tertiary/aromatic N) is 2. The quantitative estimate of drug-likeness (QED) is 0.691. The molecule has 2 aromatic carbocycles. The van der Waals surface area contributed by atoms with Gasteiger partial charge in [-0.1, -0.05) is 26.0 Å². The largest absolute Gasteiger partial charge is 0.486 e. The molecule has 7 nitrogen and oxygen atoms in total. The maximum absolute atomic E-state index is 12.7. The molecule has 0 N–H and O–H groups in total. The summed E-state index contributed by atoms with van der Waals surface area (Å²) in [6.07, 6.45) is -0.277. The van der Waals surface area contributed by atoms with Crippen molar-refractivity contribution < 1.29 is 22.7 Å². The molecular formula is C21H26N2O5S. The van der Waals surface area contributed by atoms with Gasteiger partial charge in [-0.05, 0) is 36.4 Å². The van der Waals surface area contributed by atoms with Crippen molar-refractivity contribution in [2.75, 3.05) is 33.3 Å². The average Bonchev–Trinajstić information content (AvgIpc) is 2.74. The Labute approximate surface area is 171 Å². The molecule has 0 aromatic heterocycles. The highest BCUT2D eigenvalue weighted by atomic mass is 32.2. The molecule has 0 radical (unpaired) electrons. The number of ether oxygens (including phenoxy) is 2. The highest BCUT2D eigenvalue weighted by Gasteiger charge is 2.25. The van der Waals surface area contributed by atoms with Crippen molar-refractivity contribution in [1.29, 1.82) is 0 Å². The highest BCUT2D eigenvalue weighted by molar-refractivity contribution is 7.89. The molecule has 0 saturated carbocycles. The van der Waals surface area contributed by atoms with Crippen molar-refractivity contribution in [3.05, 3.63) is 54.1 Å². The fourth-order valence-corrected chi connectivity index (χ4v) is 4.70. The van der Waals surface area contributed by atoms with Crippen molar-refractivity contribution in [3.8, 4) is 11.5 Å². The van der Waals surface area contributed by atoms with Gasteiger partial charge in [0.25, 0.3) is 5.91 Å². The van der Waals surface area contributed by atoms with E-state index in [-0.39, 0.29) is 16.9 Å². The monoisotopic (exact) mass is 418 g/mol. The van der Waals surface area contributed by atoms with Crippen LogP contribution in [-0.4, -0.2) is 62.9 Å². The number of benzene rings is 2. The first-order chi connectivity index (χ1) is 13.9. The van der Waals surface area contributed by atoms with Crippen LogP contribution in [0.5, 0.6) is 11.5 Å². The summed E-state index contributed by atoms with van der Waals surface area (Å²) in [4.78, 5) is 14.5. The van der Waals surface area contributed by atoms with Crippen LogP contribution in [0.15, 0.2) is 53.4 Å². The van der Waals surface area contributed by atoms with Crippen LogP contribution >= 0.6 is 0 Å². The lowest BCUT2D eigenvalue weighted by Crippen LogP contribution is -2.41. The van der Waals surface area contributed by atoms with Gasteiger partial charge in [0, 0.05) is 25.7 Å². The predicted octanol–water partition coefficient (Wildman–Crippen LogP) is 2.63. The summed E-state index contributed by atoms with van der Waals surface area (Å²) in [5.41, 5.74) is 0.420. The van der Waals surface area contributed by atoms with E-state index in [4.69, 9.17) is 9.47 Å². The zero-order chi connectivity index (χ0) is 21.0. The van der Waals surface area contributed by atoms with E-state index in [1.807, 2.05) is 24.3 Å². The minimum atomic E-state index is -3.54. The van der Waals surface area contributed by atoms with Crippen LogP contribution in [-0.2, 0) is 10.0 Å². The minimum absolute atomic E-state index is 0.182. The molecule has 29 heavy (non-hydrogen) atoms. The Hall–Kier alpha value is -2.58. The van der Waals surface area contributed by atoms with Crippen molar-refractivity contribution in [3.63, 3.8) is 0 Å². The number of rotatable bonds is 7. The molecule has 1 heterocycles. The Balaban J connectivity index is 1.66. The molecule has 156 valence electrons. The van der Waals surface area contributed by atoms with Gasteiger partial charge in [0.2, 0.25) is 10.0 Å². The predicted molar refractivity (Wildman–Crippen MR) is 110 cm³/mol. The lowest BCUT2D eigenvalue weighted by Gasteiger charge is -2.29. The van der Waals surface area contributed by atoms with Crippen LogP contribution in [0.25, 0.3) is 0 Å². The van der Waals surface area contributed by atoms with Gasteiger partial charge in [-0.3, -0.25) is 4.79 Å². The van der Waals surface area contributed by atoms with Gasteiger partial charge in [-0.2, -0.15) is 4.31 Å². The van der Waals surface area contributed by atoms with Crippen LogP contribution in [0.4, 0.5) is 0 Å². The number of amides is 1. The van der Waals surface area contributed by atoms with Crippen LogP contribution in [0.3, 0.4) is 0 Å². The third kappa shape index (κ3) is 4.54. The van der Waals surface area contributed by atoms with E-state index in [9.17, 15) is 13.2 Å². The molecule has 2 aromatic rings. The number of hydrogen-bond acceptors (Lipinski definition) is 5. The lowest BCUT2D eigenvalue weighted by atomic mass is 10.2. The number of fused-ring (bicyclic) bond motifs is 1. The maximum Gasteiger partial charge on any atom is 0.253 e. The van der Waals surface area contributed by atoms with Crippen LogP contribution < -0.4 is 9.47 Å². The number of sulfonamides is 1. The number of likely N-dealkylation sites (N-methyl/N-ethyl adjacent to an activating group) is 1. The minimum Gasteiger partial charge on any atom is -0.486 e. The van der Waals surface area contributed by atoms with E-state index in [1.54, 1.807) is 37.9 Å². The Morgan fingerprint density at radius 2 is 1.66 bits per heavy atom. The summed E-state index contributed by atoms with van der Waals surface area (Å²) in [6, 6.07) is 13.5. The van der Waals surface area contributed by atoms with Gasteiger partial charge in [0.15, 0.2) is 17.6 Å². The molecule has 0 fully saturated rings. The van der Waals surface area contributed by atoms with E-state index >= 15 is 0 Å². The summed E-state index contributed by atoms with van der Waals surface area (Å²) >= 11 is 0. The molecule has 1 atom stereocenters. The summed E-state index contributed by atoms with van der Waals surface area (Å²) in [7, 11) is -1.86. The standard InChI is InChI=1S/C21H26N2O5S/c1-4-23(5-2)29(25,26)18-12-10-16(11-13-18)21(24)22(3)14-17-15-27-19-8-6-7-9-20(19)28-17/h6-13,17H,4-5,14-15H2,1-3H3. The number of carbonyl (C=O) groups is 1. The van der Waals surface area contributed by atoms with Gasteiger partial charge in [-0.25, -0.2) is 8.42 Å². The van der Waals surface area contributed by atoms with Gasteiger partial charge in [-0.15, -0.1) is 0 Å². The van der Waals surface area contributed by atoms with Gasteiger partial charge < -0.3 is 14.4 Å². The first-order valence-electron chi connectivity index (χ1n) is 9.61. The second-order valence-electron chi connectivity index (χ2n) is 6.80. The fraction of sp³-hybridized carbons (Fsp3) is 0.381. The van der Waals surface area contributed by atoms with Crippen molar-refractivity contribution in [1.82, 2.24) is 9.21 Å². The maximum atomic E-state index is 12.7. The molecule has 3 rings (SSSR count). The first kappa shape index (κ1) is 21.1. The molecule has 1 aliphatic heterocycles. The van der Waals surface area contributed by atoms with Crippen molar-refractivity contribution in [2.24, 2.45) is 0 Å². The van der Waals surface area contributed by atoms with Gasteiger partial charge in [0.1, 0.15) is 6.61 Å². The molecule has 1 aliphatic rings. The van der Waals surface area contributed by atoms with Gasteiger partial charge >= 0.3 is 0 Å². The first-order valence-corrected chi connectivity index (χ1v) is 11.0. The number of carbonyl (C=O) groups excluding carboxylic acids is 1. The molecule has 8 heteroatoms. The number of para-hydroxylation sites is 2. The normalized spacial score (nSPS) is 15.9. The molecule has 0 bridgehead atoms. The van der Waals surface area contributed by atoms with Crippen LogP contribution in [0, 0.1) is 0 Å². The Morgan fingerprint density at radius 1 is 1.03 bits per heavy atom. The average molecular weight is 419 g/mol. The Kier molecular flexibility index (Phi) is 6.44. The number of hydrogen-bond donors (Lipinski definition) is 0. The fourth-order valence-electron chi connectivity index (χ4n) is 3.24. The molecule has 1 unspecified atom stereocenters. The van der Waals surface area contributed by atoms with Crippen molar-refractivity contribution >= 4 is 15.9 Å². The highest BCUT2D eigenvalue weighted by Crippen LogP contribution is 2.31. The summed E-state index contributed by atoms with van der Waals surface area (Å²) in [6.45, 7) is 5.10. The molecule has 0 saturated heterocycles. The second-order valence-corrected chi connectivity index (χ2v) is 8.73. The third-order valence-corrected chi connectivity index (χ3v) is 6.90. The SMILES string of the molecule is CCN(CC)S(=O)(=O)c1ccc(C(=O)N(C)CC2COc3ccccc3O2)cc1. The van der Waals surface area contributed by atoms with Crippen LogP contribution in [0.2, 0.25) is 0 Å². The van der Waals surface area contributed by atoms with E-state index in [0.29, 0.717) is 43.3 Å². The second kappa shape index (κ2) is 8.84. The van der Waals surface area contributed by atoms with E-state index in [1.165, 1.54) is 16.4 Å². The lowest BCUT2D eigenvalue weighted by molar-refractivity contribution is 0.0521. The smallest absolute Gasteiger partial charge is 0.253 e. The third-order valence-electron chi connectivity index (χ3n) is 4.84. The molecule has 0 spiro atoms. The Morgan fingerprint density at radius 3 is 2.28 bits per heavy atom. The van der Waals surface area contributed by atoms with Crippen LogP contribution in [0.1, 0.15) is 24.2 Å². The van der Waals surface area contributed by atoms with Crippen molar-refractivity contribution in [2.45, 2.75) is 24.8 Å². The molecule has 0 aliphatic carbocycles. The van der Waals surface area contributed by atoms with Gasteiger partial charge in [0.05, 0.1) is 11.4 Å². The van der Waals surface area contributed by atoms with E-state index < -0.39 is 10.0 Å². The summed E-state index contributed by atoms with van der Waals surface area (Å²) in [5.74, 6) is 1.15. The van der Waals surface area contributed by atoms with E-state index in [2.05, 4.69) is 0 Å². The molecular weight excluding hydrogens is 392 g/mol. The van der Waals surface area contributed by atoms with E-state index in [0.717, 1.165) is 0 Å². The zero-order valence-electron chi connectivity index (χ0n) is 16.9. The summed E-state index contributed by atoms with van der Waals surface area (Å²) in [5, 5.41) is 0. The molecule has 1 amide bonds.